The van der Waals surface area contributed by atoms with Gasteiger partial charge in [0.2, 0.25) is 0 Å². The SMILES string of the molecule is O=C[C@H](OC(=O)CC(O)(CC(=O)O)C(=O)O)[C@@H](O)[C@H](O)[C@H](O)CO.[NaH]. The second kappa shape index (κ2) is 11.5. The van der Waals surface area contributed by atoms with Crippen LogP contribution in [-0.2, 0) is 23.9 Å². The fourth-order valence-corrected chi connectivity index (χ4v) is 1.60. The van der Waals surface area contributed by atoms with Crippen LogP contribution in [0.2, 0.25) is 0 Å². The van der Waals surface area contributed by atoms with Crippen LogP contribution >= 0.6 is 0 Å². The van der Waals surface area contributed by atoms with Crippen LogP contribution in [0, 0.1) is 0 Å². The van der Waals surface area contributed by atoms with Gasteiger partial charge in [-0.3, -0.25) is 14.4 Å². The van der Waals surface area contributed by atoms with E-state index in [2.05, 4.69) is 4.74 Å². The van der Waals surface area contributed by atoms with Crippen LogP contribution in [0.4, 0.5) is 0 Å². The first-order valence-corrected chi connectivity index (χ1v) is 6.46. The summed E-state index contributed by atoms with van der Waals surface area (Å²) < 4.78 is 4.38. The topological polar surface area (TPSA) is 219 Å². The van der Waals surface area contributed by atoms with Gasteiger partial charge in [0.1, 0.15) is 18.3 Å². The minimum atomic E-state index is -3.01. The summed E-state index contributed by atoms with van der Waals surface area (Å²) in [6, 6.07) is 0. The molecule has 0 amide bonds. The number of aliphatic hydroxyl groups excluding tert-OH is 4. The first kappa shape index (κ1) is 26.1. The van der Waals surface area contributed by atoms with E-state index < -0.39 is 67.4 Å². The molecule has 0 aromatic carbocycles. The summed E-state index contributed by atoms with van der Waals surface area (Å²) in [5, 5.41) is 63.7. The molecule has 1 unspecified atom stereocenters. The Morgan fingerprint density at radius 1 is 1.04 bits per heavy atom. The van der Waals surface area contributed by atoms with Crippen molar-refractivity contribution in [2.45, 2.75) is 42.9 Å². The van der Waals surface area contributed by atoms with Gasteiger partial charge in [0.15, 0.2) is 18.0 Å². The zero-order valence-corrected chi connectivity index (χ0v) is 12.2. The number of carbonyl (C=O) groups excluding carboxylic acids is 2. The standard InChI is InChI=1S/C12H18O12.Na.H/c13-3-5(15)9(19)10(20)6(4-14)24-8(18)2-12(23,11(21)22)1-7(16)17;;/h4-6,9-10,13,15,19-20,23H,1-3H2,(H,16,17)(H,21,22);;/t5-,6+,9-,10-,12?;;/m1../s1. The average molecular weight is 378 g/mol. The summed E-state index contributed by atoms with van der Waals surface area (Å²) in [6.45, 7) is -0.977. The van der Waals surface area contributed by atoms with E-state index in [1.165, 1.54) is 0 Å². The third kappa shape index (κ3) is 8.20. The first-order valence-electron chi connectivity index (χ1n) is 6.46. The Bertz CT molecular complexity index is 483. The molecule has 5 atom stereocenters. The summed E-state index contributed by atoms with van der Waals surface area (Å²) in [5.41, 5.74) is -3.01. The van der Waals surface area contributed by atoms with Crippen LogP contribution in [0.1, 0.15) is 12.8 Å². The number of carboxylic acids is 2. The van der Waals surface area contributed by atoms with Crippen molar-refractivity contribution in [3.05, 3.63) is 0 Å². The van der Waals surface area contributed by atoms with Crippen molar-refractivity contribution >= 4 is 53.8 Å². The third-order valence-electron chi connectivity index (χ3n) is 2.95. The second-order valence-corrected chi connectivity index (χ2v) is 4.91. The summed E-state index contributed by atoms with van der Waals surface area (Å²) >= 11 is 0. The number of carboxylic acid groups (broad SMARTS) is 2. The maximum absolute atomic E-state index is 11.6. The van der Waals surface area contributed by atoms with Crippen LogP contribution < -0.4 is 0 Å². The van der Waals surface area contributed by atoms with E-state index in [4.69, 9.17) is 20.4 Å². The zero-order valence-electron chi connectivity index (χ0n) is 12.2. The predicted octanol–water partition coefficient (Wildman–Crippen LogP) is -4.80. The maximum atomic E-state index is 11.6. The number of aliphatic hydroxyl groups is 5. The van der Waals surface area contributed by atoms with Gasteiger partial charge in [0.25, 0.3) is 0 Å². The van der Waals surface area contributed by atoms with Crippen molar-refractivity contribution in [2.75, 3.05) is 6.61 Å². The first-order chi connectivity index (χ1) is 11.0. The quantitative estimate of drug-likeness (QED) is 0.102. The van der Waals surface area contributed by atoms with E-state index in [-0.39, 0.29) is 35.8 Å². The Morgan fingerprint density at radius 2 is 1.56 bits per heavy atom. The molecule has 0 aliphatic heterocycles. The van der Waals surface area contributed by atoms with Crippen LogP contribution in [0.5, 0.6) is 0 Å². The number of rotatable bonds is 11. The van der Waals surface area contributed by atoms with Crippen molar-refractivity contribution in [3.8, 4) is 0 Å². The molecule has 0 aromatic rings. The van der Waals surface area contributed by atoms with E-state index in [1.807, 2.05) is 0 Å². The fourth-order valence-electron chi connectivity index (χ4n) is 1.60. The molecule has 0 fully saturated rings. The Morgan fingerprint density at radius 3 is 1.92 bits per heavy atom. The fraction of sp³-hybridized carbons (Fsp3) is 0.667. The van der Waals surface area contributed by atoms with Crippen LogP contribution in [0.15, 0.2) is 0 Å². The molecule has 0 saturated carbocycles. The zero-order chi connectivity index (χ0) is 19.1. The Labute approximate surface area is 162 Å². The van der Waals surface area contributed by atoms with E-state index in [1.54, 1.807) is 0 Å². The molecule has 140 valence electrons. The van der Waals surface area contributed by atoms with Gasteiger partial charge in [-0.05, 0) is 0 Å². The molecule has 7 N–H and O–H groups in total. The second-order valence-electron chi connectivity index (χ2n) is 4.91. The average Bonchev–Trinajstić information content (AvgIpc) is 2.49. The van der Waals surface area contributed by atoms with Crippen LogP contribution in [0.3, 0.4) is 0 Å². The van der Waals surface area contributed by atoms with Gasteiger partial charge >= 0.3 is 47.5 Å². The van der Waals surface area contributed by atoms with Gasteiger partial charge in [-0.2, -0.15) is 0 Å². The minimum absolute atomic E-state index is 0. The summed E-state index contributed by atoms with van der Waals surface area (Å²) in [5.74, 6) is -5.30. The van der Waals surface area contributed by atoms with Gasteiger partial charge in [0, 0.05) is 0 Å². The van der Waals surface area contributed by atoms with Gasteiger partial charge in [-0.1, -0.05) is 0 Å². The summed E-state index contributed by atoms with van der Waals surface area (Å²) in [6.07, 6.45) is -11.0. The van der Waals surface area contributed by atoms with Crippen molar-refractivity contribution in [2.24, 2.45) is 0 Å². The van der Waals surface area contributed by atoms with Gasteiger partial charge < -0.3 is 40.5 Å². The molecular weight excluding hydrogens is 359 g/mol. The van der Waals surface area contributed by atoms with E-state index in [0.717, 1.165) is 0 Å². The van der Waals surface area contributed by atoms with Crippen molar-refractivity contribution in [3.63, 3.8) is 0 Å². The molecule has 0 aromatic heterocycles. The van der Waals surface area contributed by atoms with Crippen molar-refractivity contribution in [1.29, 1.82) is 0 Å². The number of aliphatic carboxylic acids is 2. The monoisotopic (exact) mass is 378 g/mol. The Balaban J connectivity index is 0. The third-order valence-corrected chi connectivity index (χ3v) is 2.95. The van der Waals surface area contributed by atoms with E-state index in [0.29, 0.717) is 0 Å². The van der Waals surface area contributed by atoms with Gasteiger partial charge in [0.05, 0.1) is 19.4 Å². The number of hydrogen-bond acceptors (Lipinski definition) is 10. The molecule has 0 aliphatic rings. The number of esters is 1. The van der Waals surface area contributed by atoms with Crippen LogP contribution in [0.25, 0.3) is 0 Å². The predicted molar refractivity (Wildman–Crippen MR) is 77.7 cm³/mol. The molecular formula is C12H19NaO12. The Kier molecular flexibility index (Phi) is 12.0. The van der Waals surface area contributed by atoms with Gasteiger partial charge in [-0.15, -0.1) is 0 Å². The van der Waals surface area contributed by atoms with Crippen LogP contribution in [-0.4, -0.2) is 126 Å². The van der Waals surface area contributed by atoms with E-state index >= 15 is 0 Å². The van der Waals surface area contributed by atoms with E-state index in [9.17, 15) is 34.5 Å². The summed E-state index contributed by atoms with van der Waals surface area (Å²) in [4.78, 5) is 43.8. The molecule has 25 heavy (non-hydrogen) atoms. The Hall–Kier alpha value is -1.12. The molecule has 0 radical (unpaired) electrons. The number of hydrogen-bond donors (Lipinski definition) is 7. The molecule has 0 aliphatic carbocycles. The van der Waals surface area contributed by atoms with Gasteiger partial charge in [-0.25, -0.2) is 4.79 Å². The molecule has 0 saturated heterocycles. The molecule has 13 heteroatoms. The number of ether oxygens (including phenoxy) is 1. The molecule has 0 rings (SSSR count). The molecule has 0 bridgehead atoms. The molecule has 12 nitrogen and oxygen atoms in total. The van der Waals surface area contributed by atoms with Crippen molar-refractivity contribution in [1.82, 2.24) is 0 Å². The summed E-state index contributed by atoms with van der Waals surface area (Å²) in [7, 11) is 0. The number of aldehydes is 1. The number of carbonyl (C=O) groups is 4. The normalized spacial score (nSPS) is 17.8. The molecule has 0 heterocycles. The molecule has 0 spiro atoms. The van der Waals surface area contributed by atoms with Crippen molar-refractivity contribution < 1.29 is 59.7 Å².